The van der Waals surface area contributed by atoms with Crippen molar-refractivity contribution in [2.75, 3.05) is 32.8 Å². The second-order valence-corrected chi connectivity index (χ2v) is 5.74. The molecule has 0 aliphatic rings. The number of nitro groups is 2. The molecule has 0 fully saturated rings. The van der Waals surface area contributed by atoms with Crippen LogP contribution in [-0.4, -0.2) is 47.6 Å². The van der Waals surface area contributed by atoms with E-state index in [0.717, 1.165) is 0 Å². The molecular formula is C19H21N3O6. The van der Waals surface area contributed by atoms with Gasteiger partial charge in [-0.2, -0.15) is 0 Å². The van der Waals surface area contributed by atoms with E-state index in [4.69, 9.17) is 9.47 Å². The summed E-state index contributed by atoms with van der Waals surface area (Å²) in [7, 11) is 0. The van der Waals surface area contributed by atoms with Crippen molar-refractivity contribution in [1.29, 1.82) is 0 Å². The number of hydrogen-bond donors (Lipinski definition) is 0. The minimum Gasteiger partial charge on any atom is -0.485 e. The minimum absolute atomic E-state index is 0.0857. The van der Waals surface area contributed by atoms with Gasteiger partial charge in [-0.1, -0.05) is 30.3 Å². The monoisotopic (exact) mass is 387 g/mol. The van der Waals surface area contributed by atoms with E-state index in [0.29, 0.717) is 19.6 Å². The van der Waals surface area contributed by atoms with Crippen LogP contribution in [0.5, 0.6) is 11.5 Å². The van der Waals surface area contributed by atoms with Gasteiger partial charge in [0.15, 0.2) is 11.5 Å². The number of para-hydroxylation sites is 4. The number of nitro benzene ring substituents is 2. The van der Waals surface area contributed by atoms with Crippen molar-refractivity contribution in [2.45, 2.75) is 0 Å². The van der Waals surface area contributed by atoms with E-state index in [2.05, 4.69) is 6.58 Å². The van der Waals surface area contributed by atoms with E-state index in [-0.39, 0.29) is 36.1 Å². The molecule has 2 rings (SSSR count). The summed E-state index contributed by atoms with van der Waals surface area (Å²) in [5, 5.41) is 22.0. The van der Waals surface area contributed by atoms with Crippen LogP contribution in [0.4, 0.5) is 11.4 Å². The number of hydrogen-bond acceptors (Lipinski definition) is 7. The predicted molar refractivity (Wildman–Crippen MR) is 104 cm³/mol. The molecule has 0 atom stereocenters. The van der Waals surface area contributed by atoms with E-state index < -0.39 is 9.85 Å². The van der Waals surface area contributed by atoms with Crippen LogP contribution in [0.15, 0.2) is 61.2 Å². The van der Waals surface area contributed by atoms with E-state index in [9.17, 15) is 20.2 Å². The molecular weight excluding hydrogens is 366 g/mol. The van der Waals surface area contributed by atoms with Crippen LogP contribution >= 0.6 is 0 Å². The van der Waals surface area contributed by atoms with Gasteiger partial charge in [0.2, 0.25) is 0 Å². The van der Waals surface area contributed by atoms with Crippen molar-refractivity contribution in [3.63, 3.8) is 0 Å². The summed E-state index contributed by atoms with van der Waals surface area (Å²) in [5.41, 5.74) is -0.171. The highest BCUT2D eigenvalue weighted by Crippen LogP contribution is 2.26. The van der Waals surface area contributed by atoms with Gasteiger partial charge in [-0.3, -0.25) is 25.1 Å². The highest BCUT2D eigenvalue weighted by Gasteiger charge is 2.15. The summed E-state index contributed by atoms with van der Waals surface area (Å²) < 4.78 is 11.1. The average molecular weight is 387 g/mol. The lowest BCUT2D eigenvalue weighted by Crippen LogP contribution is -2.32. The third-order valence-electron chi connectivity index (χ3n) is 3.84. The lowest BCUT2D eigenvalue weighted by atomic mass is 10.3. The lowest BCUT2D eigenvalue weighted by molar-refractivity contribution is -0.386. The van der Waals surface area contributed by atoms with Crippen molar-refractivity contribution in [2.24, 2.45) is 0 Å². The Kier molecular flexibility index (Phi) is 7.92. The fraction of sp³-hybridized carbons (Fsp3) is 0.263. The van der Waals surface area contributed by atoms with Crippen LogP contribution in [0.25, 0.3) is 0 Å². The predicted octanol–water partition coefficient (Wildman–Crippen LogP) is 3.45. The summed E-state index contributed by atoms with van der Waals surface area (Å²) in [6, 6.07) is 12.4. The van der Waals surface area contributed by atoms with Crippen LogP contribution in [0.2, 0.25) is 0 Å². The van der Waals surface area contributed by atoms with Gasteiger partial charge in [-0.05, 0) is 12.1 Å². The van der Waals surface area contributed by atoms with Crippen LogP contribution < -0.4 is 9.47 Å². The second kappa shape index (κ2) is 10.6. The Morgan fingerprint density at radius 1 is 0.857 bits per heavy atom. The first kappa shape index (κ1) is 20.8. The van der Waals surface area contributed by atoms with Gasteiger partial charge in [0.05, 0.1) is 9.85 Å². The van der Waals surface area contributed by atoms with Gasteiger partial charge >= 0.3 is 11.4 Å². The molecule has 28 heavy (non-hydrogen) atoms. The Balaban J connectivity index is 1.86. The standard InChI is InChI=1S/C19H21N3O6/c1-2-11-20(12-14-27-18-9-5-3-7-16(18)21(23)24)13-15-28-19-10-6-4-8-17(19)22(25)26/h2-10H,1,11-15H2. The maximum absolute atomic E-state index is 11.0. The van der Waals surface area contributed by atoms with Crippen molar-refractivity contribution in [3.8, 4) is 11.5 Å². The van der Waals surface area contributed by atoms with Crippen LogP contribution in [0.3, 0.4) is 0 Å². The molecule has 9 heteroatoms. The van der Waals surface area contributed by atoms with Gasteiger partial charge < -0.3 is 9.47 Å². The molecule has 0 aliphatic heterocycles. The maximum Gasteiger partial charge on any atom is 0.310 e. The van der Waals surface area contributed by atoms with Gasteiger partial charge in [0.25, 0.3) is 0 Å². The van der Waals surface area contributed by atoms with Crippen molar-refractivity contribution < 1.29 is 19.3 Å². The third-order valence-corrected chi connectivity index (χ3v) is 3.84. The van der Waals surface area contributed by atoms with E-state index in [1.165, 1.54) is 12.1 Å². The van der Waals surface area contributed by atoms with Crippen molar-refractivity contribution in [3.05, 3.63) is 81.4 Å². The van der Waals surface area contributed by atoms with E-state index >= 15 is 0 Å². The summed E-state index contributed by atoms with van der Waals surface area (Å²) in [4.78, 5) is 23.0. The Morgan fingerprint density at radius 2 is 1.29 bits per heavy atom. The van der Waals surface area contributed by atoms with Gasteiger partial charge in [-0.25, -0.2) is 0 Å². The molecule has 0 saturated carbocycles. The number of benzene rings is 2. The lowest BCUT2D eigenvalue weighted by Gasteiger charge is -2.20. The molecule has 0 spiro atoms. The average Bonchev–Trinajstić information content (AvgIpc) is 2.68. The molecule has 2 aromatic rings. The van der Waals surface area contributed by atoms with Crippen molar-refractivity contribution >= 4 is 11.4 Å². The Morgan fingerprint density at radius 3 is 1.68 bits per heavy atom. The first-order chi connectivity index (χ1) is 13.5. The molecule has 0 heterocycles. The molecule has 0 aliphatic carbocycles. The Hall–Kier alpha value is -3.46. The molecule has 0 unspecified atom stereocenters. The molecule has 0 amide bonds. The minimum atomic E-state index is -0.489. The summed E-state index contributed by atoms with van der Waals surface area (Å²) in [6.07, 6.45) is 1.72. The normalized spacial score (nSPS) is 10.5. The topological polar surface area (TPSA) is 108 Å². The summed E-state index contributed by atoms with van der Waals surface area (Å²) in [6.45, 7) is 5.71. The highest BCUT2D eigenvalue weighted by molar-refractivity contribution is 5.46. The first-order valence-electron chi connectivity index (χ1n) is 8.58. The fourth-order valence-electron chi connectivity index (χ4n) is 2.51. The third kappa shape index (κ3) is 6.06. The largest absolute Gasteiger partial charge is 0.485 e. The highest BCUT2D eigenvalue weighted by atomic mass is 16.6. The van der Waals surface area contributed by atoms with Crippen LogP contribution in [0, 0.1) is 20.2 Å². The van der Waals surface area contributed by atoms with E-state index in [1.807, 2.05) is 4.90 Å². The summed E-state index contributed by atoms with van der Waals surface area (Å²) in [5.74, 6) is 0.421. The fourth-order valence-corrected chi connectivity index (χ4v) is 2.51. The molecule has 0 aromatic heterocycles. The van der Waals surface area contributed by atoms with Gasteiger partial charge in [0.1, 0.15) is 13.2 Å². The molecule has 2 aromatic carbocycles. The molecule has 0 N–H and O–H groups in total. The first-order valence-corrected chi connectivity index (χ1v) is 8.58. The van der Waals surface area contributed by atoms with Crippen molar-refractivity contribution in [1.82, 2.24) is 4.90 Å². The molecule has 148 valence electrons. The van der Waals surface area contributed by atoms with E-state index in [1.54, 1.807) is 42.5 Å². The van der Waals surface area contributed by atoms with Crippen LogP contribution in [0.1, 0.15) is 0 Å². The zero-order valence-corrected chi connectivity index (χ0v) is 15.2. The Labute approximate surface area is 162 Å². The molecule has 0 radical (unpaired) electrons. The second-order valence-electron chi connectivity index (χ2n) is 5.74. The maximum atomic E-state index is 11.0. The van der Waals surface area contributed by atoms with Gasteiger partial charge in [-0.15, -0.1) is 6.58 Å². The Bertz CT molecular complexity index is 763. The van der Waals surface area contributed by atoms with Crippen LogP contribution in [-0.2, 0) is 0 Å². The molecule has 9 nitrogen and oxygen atoms in total. The van der Waals surface area contributed by atoms with Gasteiger partial charge in [0, 0.05) is 31.8 Å². The summed E-state index contributed by atoms with van der Waals surface area (Å²) >= 11 is 0. The smallest absolute Gasteiger partial charge is 0.310 e. The number of rotatable bonds is 12. The molecule has 0 bridgehead atoms. The zero-order valence-electron chi connectivity index (χ0n) is 15.2. The SMILES string of the molecule is C=CCN(CCOc1ccccc1[N+](=O)[O-])CCOc1ccccc1[N+](=O)[O-]. The number of ether oxygens (including phenoxy) is 2. The zero-order chi connectivity index (χ0) is 20.4. The molecule has 0 saturated heterocycles. The quantitative estimate of drug-likeness (QED) is 0.312. The number of nitrogens with zero attached hydrogens (tertiary/aromatic N) is 3.